The number of rotatable bonds is 1. The molecule has 0 saturated heterocycles. The van der Waals surface area contributed by atoms with Gasteiger partial charge in [-0.1, -0.05) is 41.4 Å². The van der Waals surface area contributed by atoms with Crippen LogP contribution in [0, 0.1) is 0 Å². The standard InChI is InChI=1S/C15H9Cl2N/c16-12-4-1-10(2-5-12)14-7-3-11-9-13(17)6-8-15(11)18-14/h1-9H. The molecule has 3 aromatic rings. The summed E-state index contributed by atoms with van der Waals surface area (Å²) >= 11 is 11.8. The quantitative estimate of drug-likeness (QED) is 0.593. The van der Waals surface area contributed by atoms with Crippen molar-refractivity contribution in [2.24, 2.45) is 0 Å². The maximum absolute atomic E-state index is 5.95. The average molecular weight is 274 g/mol. The highest BCUT2D eigenvalue weighted by molar-refractivity contribution is 6.31. The molecule has 0 spiro atoms. The predicted octanol–water partition coefficient (Wildman–Crippen LogP) is 5.21. The number of benzene rings is 2. The fourth-order valence-corrected chi connectivity index (χ4v) is 2.18. The summed E-state index contributed by atoms with van der Waals surface area (Å²) in [5.41, 5.74) is 2.92. The second-order valence-corrected chi connectivity index (χ2v) is 4.91. The first-order valence-electron chi connectivity index (χ1n) is 5.55. The molecule has 0 amide bonds. The summed E-state index contributed by atoms with van der Waals surface area (Å²) < 4.78 is 0. The van der Waals surface area contributed by atoms with Gasteiger partial charge in [0.05, 0.1) is 11.2 Å². The van der Waals surface area contributed by atoms with Crippen LogP contribution in [0.4, 0.5) is 0 Å². The van der Waals surface area contributed by atoms with Crippen LogP contribution in [0.5, 0.6) is 0 Å². The van der Waals surface area contributed by atoms with Crippen LogP contribution < -0.4 is 0 Å². The molecule has 0 N–H and O–H groups in total. The van der Waals surface area contributed by atoms with Gasteiger partial charge in [-0.05, 0) is 36.4 Å². The molecule has 3 heteroatoms. The summed E-state index contributed by atoms with van der Waals surface area (Å²) in [5.74, 6) is 0. The Morgan fingerprint density at radius 1 is 0.722 bits per heavy atom. The molecular weight excluding hydrogens is 265 g/mol. The van der Waals surface area contributed by atoms with Gasteiger partial charge in [-0.15, -0.1) is 0 Å². The minimum atomic E-state index is 0.726. The Kier molecular flexibility index (Phi) is 2.94. The van der Waals surface area contributed by atoms with E-state index in [-0.39, 0.29) is 0 Å². The number of fused-ring (bicyclic) bond motifs is 1. The number of nitrogens with zero attached hydrogens (tertiary/aromatic N) is 1. The molecule has 0 fully saturated rings. The van der Waals surface area contributed by atoms with Crippen molar-refractivity contribution in [3.63, 3.8) is 0 Å². The molecule has 1 heterocycles. The third-order valence-electron chi connectivity index (χ3n) is 2.79. The highest BCUT2D eigenvalue weighted by atomic mass is 35.5. The smallest absolute Gasteiger partial charge is 0.0710 e. The molecule has 3 rings (SSSR count). The molecule has 88 valence electrons. The molecular formula is C15H9Cl2N. The fourth-order valence-electron chi connectivity index (χ4n) is 1.88. The fraction of sp³-hybridized carbons (Fsp3) is 0. The predicted molar refractivity (Wildman–Crippen MR) is 77.2 cm³/mol. The first kappa shape index (κ1) is 11.5. The summed E-state index contributed by atoms with van der Waals surface area (Å²) in [7, 11) is 0. The van der Waals surface area contributed by atoms with Crippen molar-refractivity contribution in [1.29, 1.82) is 0 Å². The van der Waals surface area contributed by atoms with E-state index >= 15 is 0 Å². The number of halogens is 2. The molecule has 0 aliphatic rings. The van der Waals surface area contributed by atoms with E-state index < -0.39 is 0 Å². The molecule has 1 aromatic heterocycles. The minimum Gasteiger partial charge on any atom is -0.248 e. The molecule has 0 aliphatic heterocycles. The van der Waals surface area contributed by atoms with Crippen molar-refractivity contribution in [2.45, 2.75) is 0 Å². The van der Waals surface area contributed by atoms with Gasteiger partial charge in [0.2, 0.25) is 0 Å². The number of hydrogen-bond donors (Lipinski definition) is 0. The lowest BCUT2D eigenvalue weighted by atomic mass is 10.1. The lowest BCUT2D eigenvalue weighted by Crippen LogP contribution is -1.85. The Balaban J connectivity index is 2.13. The largest absolute Gasteiger partial charge is 0.248 e. The number of pyridine rings is 1. The molecule has 0 atom stereocenters. The van der Waals surface area contributed by atoms with Crippen molar-refractivity contribution in [3.8, 4) is 11.3 Å². The molecule has 0 aliphatic carbocycles. The van der Waals surface area contributed by atoms with Gasteiger partial charge in [0.25, 0.3) is 0 Å². The first-order chi connectivity index (χ1) is 8.72. The number of hydrogen-bond acceptors (Lipinski definition) is 1. The lowest BCUT2D eigenvalue weighted by molar-refractivity contribution is 1.40. The van der Waals surface area contributed by atoms with E-state index in [4.69, 9.17) is 23.2 Å². The normalized spacial score (nSPS) is 10.8. The third kappa shape index (κ3) is 2.20. The van der Waals surface area contributed by atoms with Gasteiger partial charge in [-0.25, -0.2) is 4.98 Å². The molecule has 0 bridgehead atoms. The van der Waals surface area contributed by atoms with Gasteiger partial charge in [0.15, 0.2) is 0 Å². The van der Waals surface area contributed by atoms with Crippen LogP contribution in [-0.2, 0) is 0 Å². The molecule has 1 nitrogen and oxygen atoms in total. The summed E-state index contributed by atoms with van der Waals surface area (Å²) in [6.07, 6.45) is 0. The Morgan fingerprint density at radius 3 is 2.22 bits per heavy atom. The Morgan fingerprint density at radius 2 is 1.44 bits per heavy atom. The van der Waals surface area contributed by atoms with Crippen molar-refractivity contribution in [2.75, 3.05) is 0 Å². The van der Waals surface area contributed by atoms with E-state index in [1.807, 2.05) is 54.6 Å². The Hall–Kier alpha value is -1.57. The van der Waals surface area contributed by atoms with Crippen molar-refractivity contribution in [3.05, 3.63) is 64.6 Å². The molecule has 0 saturated carbocycles. The highest BCUT2D eigenvalue weighted by Gasteiger charge is 2.02. The van der Waals surface area contributed by atoms with Crippen LogP contribution >= 0.6 is 23.2 Å². The van der Waals surface area contributed by atoms with Crippen LogP contribution in [0.1, 0.15) is 0 Å². The van der Waals surface area contributed by atoms with Crippen molar-refractivity contribution in [1.82, 2.24) is 4.98 Å². The topological polar surface area (TPSA) is 12.9 Å². The maximum Gasteiger partial charge on any atom is 0.0710 e. The van der Waals surface area contributed by atoms with Gasteiger partial charge >= 0.3 is 0 Å². The van der Waals surface area contributed by atoms with Gasteiger partial charge in [-0.3, -0.25) is 0 Å². The van der Waals surface area contributed by atoms with Crippen LogP contribution in [-0.4, -0.2) is 4.98 Å². The zero-order chi connectivity index (χ0) is 12.5. The summed E-state index contributed by atoms with van der Waals surface area (Å²) in [4.78, 5) is 4.61. The highest BCUT2D eigenvalue weighted by Crippen LogP contribution is 2.24. The zero-order valence-corrected chi connectivity index (χ0v) is 10.9. The van der Waals surface area contributed by atoms with E-state index in [0.717, 1.165) is 32.2 Å². The van der Waals surface area contributed by atoms with E-state index in [9.17, 15) is 0 Å². The minimum absolute atomic E-state index is 0.726. The third-order valence-corrected chi connectivity index (χ3v) is 3.28. The molecule has 0 radical (unpaired) electrons. The SMILES string of the molecule is Clc1ccc(-c2ccc3cc(Cl)ccc3n2)cc1. The number of aromatic nitrogens is 1. The first-order valence-corrected chi connectivity index (χ1v) is 6.30. The lowest BCUT2D eigenvalue weighted by Gasteiger charge is -2.03. The van der Waals surface area contributed by atoms with Gasteiger partial charge < -0.3 is 0 Å². The van der Waals surface area contributed by atoms with Crippen LogP contribution in [0.15, 0.2) is 54.6 Å². The Bertz CT molecular complexity index is 705. The summed E-state index contributed by atoms with van der Waals surface area (Å²) in [6, 6.07) is 17.4. The van der Waals surface area contributed by atoms with E-state index in [1.54, 1.807) is 0 Å². The van der Waals surface area contributed by atoms with Gasteiger partial charge in [-0.2, -0.15) is 0 Å². The van der Waals surface area contributed by atoms with E-state index in [1.165, 1.54) is 0 Å². The zero-order valence-electron chi connectivity index (χ0n) is 9.40. The Labute approximate surface area is 115 Å². The van der Waals surface area contributed by atoms with E-state index in [0.29, 0.717) is 0 Å². The van der Waals surface area contributed by atoms with E-state index in [2.05, 4.69) is 4.98 Å². The summed E-state index contributed by atoms with van der Waals surface area (Å²) in [5, 5.41) is 2.50. The molecule has 18 heavy (non-hydrogen) atoms. The monoisotopic (exact) mass is 273 g/mol. The molecule has 2 aromatic carbocycles. The average Bonchev–Trinajstić information content (AvgIpc) is 2.39. The van der Waals surface area contributed by atoms with Crippen LogP contribution in [0.2, 0.25) is 10.0 Å². The van der Waals surface area contributed by atoms with Gasteiger partial charge in [0.1, 0.15) is 0 Å². The van der Waals surface area contributed by atoms with Crippen LogP contribution in [0.25, 0.3) is 22.2 Å². The second kappa shape index (κ2) is 4.60. The van der Waals surface area contributed by atoms with Crippen LogP contribution in [0.3, 0.4) is 0 Å². The van der Waals surface area contributed by atoms with Crippen molar-refractivity contribution < 1.29 is 0 Å². The maximum atomic E-state index is 5.95. The van der Waals surface area contributed by atoms with Gasteiger partial charge in [0, 0.05) is 21.0 Å². The molecule has 0 unspecified atom stereocenters. The second-order valence-electron chi connectivity index (χ2n) is 4.04. The summed E-state index contributed by atoms with van der Waals surface area (Å²) in [6.45, 7) is 0. The van der Waals surface area contributed by atoms with Crippen molar-refractivity contribution >= 4 is 34.1 Å².